The molecule has 2 heterocycles. The van der Waals surface area contributed by atoms with E-state index in [0.29, 0.717) is 17.5 Å². The molecule has 0 fully saturated rings. The van der Waals surface area contributed by atoms with Crippen molar-refractivity contribution in [1.29, 1.82) is 0 Å². The zero-order valence-electron chi connectivity index (χ0n) is 30.8. The van der Waals surface area contributed by atoms with Gasteiger partial charge in [-0.1, -0.05) is 182 Å². The molecule has 0 amide bonds. The van der Waals surface area contributed by atoms with Crippen LogP contribution in [0.25, 0.3) is 109 Å². The molecule has 11 aromatic rings. The molecule has 0 spiro atoms. The summed E-state index contributed by atoms with van der Waals surface area (Å²) in [5.41, 5.74) is 8.69. The van der Waals surface area contributed by atoms with Crippen LogP contribution in [0.4, 0.5) is 0 Å². The normalized spacial score (nSPS) is 11.5. The maximum Gasteiger partial charge on any atom is 0.164 e. The Bertz CT molecular complexity index is 3230. The van der Waals surface area contributed by atoms with Gasteiger partial charge in [0.05, 0.1) is 0 Å². The van der Waals surface area contributed by atoms with Gasteiger partial charge in [0.25, 0.3) is 0 Å². The second-order valence-corrected chi connectivity index (χ2v) is 15.5. The van der Waals surface area contributed by atoms with E-state index >= 15 is 0 Å². The van der Waals surface area contributed by atoms with Gasteiger partial charge in [0, 0.05) is 26.3 Å². The van der Waals surface area contributed by atoms with E-state index in [1.165, 1.54) is 64.0 Å². The van der Waals surface area contributed by atoms with Crippen LogP contribution < -0.4 is 0 Å². The van der Waals surface area contributed by atoms with Gasteiger partial charge in [-0.2, -0.15) is 0 Å². The minimum absolute atomic E-state index is 0.635. The summed E-state index contributed by atoms with van der Waals surface area (Å²) in [5.74, 6) is 1.91. The van der Waals surface area contributed by atoms with Crippen molar-refractivity contribution in [1.82, 2.24) is 15.0 Å². The largest absolute Gasteiger partial charge is 0.208 e. The van der Waals surface area contributed by atoms with E-state index in [-0.39, 0.29) is 0 Å². The van der Waals surface area contributed by atoms with E-state index in [4.69, 9.17) is 15.0 Å². The Morgan fingerprint density at radius 1 is 0.281 bits per heavy atom. The maximum atomic E-state index is 5.12. The highest BCUT2D eigenvalue weighted by Crippen LogP contribution is 2.40. The van der Waals surface area contributed by atoms with Crippen LogP contribution in [0.5, 0.6) is 0 Å². The van der Waals surface area contributed by atoms with Crippen LogP contribution in [0.3, 0.4) is 0 Å². The number of hydrogen-bond acceptors (Lipinski definition) is 4. The fourth-order valence-electron chi connectivity index (χ4n) is 8.03. The predicted octanol–water partition coefficient (Wildman–Crippen LogP) is 14.5. The van der Waals surface area contributed by atoms with Crippen molar-refractivity contribution in [3.8, 4) is 66.9 Å². The smallest absolute Gasteiger partial charge is 0.164 e. The second kappa shape index (κ2) is 13.8. The fraction of sp³-hybridized carbons (Fsp3) is 0. The Labute approximate surface area is 334 Å². The van der Waals surface area contributed by atoms with Gasteiger partial charge in [0.15, 0.2) is 17.5 Å². The third kappa shape index (κ3) is 6.04. The zero-order chi connectivity index (χ0) is 37.7. The van der Waals surface area contributed by atoms with E-state index in [1.807, 2.05) is 17.4 Å². The van der Waals surface area contributed by atoms with Crippen molar-refractivity contribution in [2.75, 3.05) is 0 Å². The topological polar surface area (TPSA) is 38.7 Å². The molecule has 0 aliphatic heterocycles. The van der Waals surface area contributed by atoms with Crippen molar-refractivity contribution in [3.63, 3.8) is 0 Å². The number of benzene rings is 9. The van der Waals surface area contributed by atoms with Gasteiger partial charge in [-0.05, 0) is 83.7 Å². The molecular weight excluding hydrogens is 711 g/mol. The summed E-state index contributed by atoms with van der Waals surface area (Å²) in [4.78, 5) is 16.5. The van der Waals surface area contributed by atoms with Gasteiger partial charge in [0.1, 0.15) is 0 Å². The molecule has 2 aromatic heterocycles. The number of fused-ring (bicyclic) bond motifs is 5. The Morgan fingerprint density at radius 2 is 0.772 bits per heavy atom. The number of thiophene rings is 1. The Hall–Kier alpha value is -7.27. The van der Waals surface area contributed by atoms with Gasteiger partial charge in [-0.25, -0.2) is 15.0 Å². The SMILES string of the molecule is c1ccc(-c2ccc(-c3nc(-c4ccc(-c5cc6ccccc6s5)cc4)nc(-c4ccc(-c5c6ccccc6cc6c5ccc5ccccc56)cc4)n3)cc2)cc1. The number of nitrogens with zero attached hydrogens (tertiary/aromatic N) is 3. The summed E-state index contributed by atoms with van der Waals surface area (Å²) in [5, 5.41) is 8.72. The van der Waals surface area contributed by atoms with Crippen LogP contribution in [-0.4, -0.2) is 15.0 Å². The third-order valence-corrected chi connectivity index (χ3v) is 12.1. The molecule has 0 bridgehead atoms. The molecule has 0 radical (unpaired) electrons. The number of rotatable bonds is 6. The molecule has 3 nitrogen and oxygen atoms in total. The second-order valence-electron chi connectivity index (χ2n) is 14.4. The van der Waals surface area contributed by atoms with Gasteiger partial charge >= 0.3 is 0 Å². The van der Waals surface area contributed by atoms with Crippen molar-refractivity contribution >= 4 is 53.7 Å². The first kappa shape index (κ1) is 33.1. The molecule has 9 aromatic carbocycles. The van der Waals surface area contributed by atoms with Crippen molar-refractivity contribution in [2.45, 2.75) is 0 Å². The molecule has 11 rings (SSSR count). The van der Waals surface area contributed by atoms with Crippen LogP contribution in [0.15, 0.2) is 200 Å². The Kier molecular flexibility index (Phi) is 8.01. The zero-order valence-corrected chi connectivity index (χ0v) is 31.6. The third-order valence-electron chi connectivity index (χ3n) is 10.9. The minimum atomic E-state index is 0.635. The van der Waals surface area contributed by atoms with Crippen LogP contribution >= 0.6 is 11.3 Å². The van der Waals surface area contributed by atoms with Crippen molar-refractivity contribution in [2.24, 2.45) is 0 Å². The van der Waals surface area contributed by atoms with Crippen LogP contribution in [0, 0.1) is 0 Å². The van der Waals surface area contributed by atoms with Gasteiger partial charge in [-0.15, -0.1) is 11.3 Å². The molecule has 0 N–H and O–H groups in total. The quantitative estimate of drug-likeness (QED) is 0.126. The Morgan fingerprint density at radius 3 is 1.42 bits per heavy atom. The summed E-state index contributed by atoms with van der Waals surface area (Å²) in [7, 11) is 0. The van der Waals surface area contributed by atoms with Gasteiger partial charge < -0.3 is 0 Å². The molecular formula is C53H33N3S. The van der Waals surface area contributed by atoms with Crippen molar-refractivity contribution in [3.05, 3.63) is 200 Å². The molecule has 0 saturated carbocycles. The van der Waals surface area contributed by atoms with E-state index in [9.17, 15) is 0 Å². The van der Waals surface area contributed by atoms with E-state index in [1.54, 1.807) is 0 Å². The molecule has 0 saturated heterocycles. The lowest BCUT2D eigenvalue weighted by Gasteiger charge is -2.14. The van der Waals surface area contributed by atoms with Crippen LogP contribution in [0.2, 0.25) is 0 Å². The molecule has 0 atom stereocenters. The molecule has 0 aliphatic carbocycles. The first-order valence-electron chi connectivity index (χ1n) is 19.2. The monoisotopic (exact) mass is 743 g/mol. The first-order chi connectivity index (χ1) is 28.2. The van der Waals surface area contributed by atoms with Gasteiger partial charge in [-0.3, -0.25) is 0 Å². The van der Waals surface area contributed by atoms with E-state index < -0.39 is 0 Å². The van der Waals surface area contributed by atoms with Crippen molar-refractivity contribution < 1.29 is 0 Å². The number of aromatic nitrogens is 3. The number of hydrogen-bond donors (Lipinski definition) is 0. The summed E-state index contributed by atoms with van der Waals surface area (Å²) in [6, 6.07) is 71.2. The molecule has 57 heavy (non-hydrogen) atoms. The summed E-state index contributed by atoms with van der Waals surface area (Å²) < 4.78 is 1.29. The summed E-state index contributed by atoms with van der Waals surface area (Å²) in [6.45, 7) is 0. The predicted molar refractivity (Wildman–Crippen MR) is 240 cm³/mol. The summed E-state index contributed by atoms with van der Waals surface area (Å²) in [6.07, 6.45) is 0. The highest BCUT2D eigenvalue weighted by atomic mass is 32.1. The lowest BCUT2D eigenvalue weighted by Crippen LogP contribution is -2.00. The standard InChI is InChI=1S/C53H33N3S/c1-2-10-34(11-3-1)35-18-24-39(25-19-35)51-54-52(40-26-20-37(21-27-40)49-33-43-14-6-9-17-48(43)57-49)56-53(55-51)41-28-22-38(23-29-41)50-45-16-8-5-13-42(45)32-47-44-15-7-4-12-36(44)30-31-46(47)50/h1-33H. The highest BCUT2D eigenvalue weighted by molar-refractivity contribution is 7.22. The molecule has 266 valence electrons. The average molecular weight is 744 g/mol. The highest BCUT2D eigenvalue weighted by Gasteiger charge is 2.16. The minimum Gasteiger partial charge on any atom is -0.208 e. The Balaban J connectivity index is 1.02. The lowest BCUT2D eigenvalue weighted by molar-refractivity contribution is 1.07. The fourth-order valence-corrected chi connectivity index (χ4v) is 9.10. The van der Waals surface area contributed by atoms with Crippen LogP contribution in [-0.2, 0) is 0 Å². The molecule has 0 aliphatic rings. The molecule has 4 heteroatoms. The molecule has 0 unspecified atom stereocenters. The van der Waals surface area contributed by atoms with E-state index in [0.717, 1.165) is 27.8 Å². The van der Waals surface area contributed by atoms with Gasteiger partial charge in [0.2, 0.25) is 0 Å². The van der Waals surface area contributed by atoms with Crippen LogP contribution in [0.1, 0.15) is 0 Å². The lowest BCUT2D eigenvalue weighted by atomic mass is 9.89. The van der Waals surface area contributed by atoms with E-state index in [2.05, 4.69) is 194 Å². The first-order valence-corrected chi connectivity index (χ1v) is 20.0. The average Bonchev–Trinajstić information content (AvgIpc) is 3.73. The maximum absolute atomic E-state index is 5.12. The summed E-state index contributed by atoms with van der Waals surface area (Å²) >= 11 is 1.81.